The number of ether oxygens (including phenoxy) is 2. The van der Waals surface area contributed by atoms with E-state index in [1.807, 2.05) is 4.68 Å². The van der Waals surface area contributed by atoms with Crippen LogP contribution in [0, 0.1) is 5.92 Å². The summed E-state index contributed by atoms with van der Waals surface area (Å²) >= 11 is 6.19. The number of methoxy groups -OCH3 is 1. The van der Waals surface area contributed by atoms with Crippen LogP contribution in [0.2, 0.25) is 5.02 Å². The van der Waals surface area contributed by atoms with Crippen molar-refractivity contribution in [3.63, 3.8) is 0 Å². The highest BCUT2D eigenvalue weighted by molar-refractivity contribution is 6.31. The van der Waals surface area contributed by atoms with E-state index in [2.05, 4.69) is 5.10 Å². The third kappa shape index (κ3) is 3.03. The van der Waals surface area contributed by atoms with Crippen LogP contribution in [0.4, 0.5) is 0 Å². The Morgan fingerprint density at radius 1 is 1.72 bits per heavy atom. The van der Waals surface area contributed by atoms with E-state index in [0.717, 1.165) is 25.1 Å². The summed E-state index contributed by atoms with van der Waals surface area (Å²) in [6, 6.07) is -0.128. The molecule has 0 spiro atoms. The Balaban J connectivity index is 2.12. The second-order valence-electron chi connectivity index (χ2n) is 4.60. The van der Waals surface area contributed by atoms with Gasteiger partial charge in [-0.3, -0.25) is 4.68 Å². The van der Waals surface area contributed by atoms with Crippen molar-refractivity contribution in [2.75, 3.05) is 26.9 Å². The van der Waals surface area contributed by atoms with Gasteiger partial charge in [-0.15, -0.1) is 0 Å². The van der Waals surface area contributed by atoms with Crippen LogP contribution >= 0.6 is 11.6 Å². The second kappa shape index (κ2) is 6.52. The third-order valence-corrected chi connectivity index (χ3v) is 3.65. The average Bonchev–Trinajstić information content (AvgIpc) is 2.77. The Kier molecular flexibility index (Phi) is 5.00. The molecule has 1 aliphatic rings. The first-order chi connectivity index (χ1) is 8.74. The number of hydrogen-bond acceptors (Lipinski definition) is 4. The second-order valence-corrected chi connectivity index (χ2v) is 5.00. The molecule has 18 heavy (non-hydrogen) atoms. The minimum absolute atomic E-state index is 0.128. The van der Waals surface area contributed by atoms with Gasteiger partial charge in [-0.25, -0.2) is 0 Å². The zero-order valence-corrected chi connectivity index (χ0v) is 11.4. The lowest BCUT2D eigenvalue weighted by atomic mass is 9.92. The number of rotatable bonds is 5. The number of halogens is 1. The summed E-state index contributed by atoms with van der Waals surface area (Å²) in [6.07, 6.45) is 3.78. The number of nitrogens with two attached hydrogens (primary N) is 1. The molecule has 0 amide bonds. The molecule has 1 aromatic rings. The first-order valence-electron chi connectivity index (χ1n) is 6.27. The summed E-state index contributed by atoms with van der Waals surface area (Å²) in [5.74, 6) is 0.314. The van der Waals surface area contributed by atoms with Gasteiger partial charge in [0.25, 0.3) is 0 Å². The highest BCUT2D eigenvalue weighted by atomic mass is 35.5. The zero-order chi connectivity index (χ0) is 13.0. The summed E-state index contributed by atoms with van der Waals surface area (Å²) in [4.78, 5) is 0. The fourth-order valence-corrected chi connectivity index (χ4v) is 2.60. The first-order valence-corrected chi connectivity index (χ1v) is 6.65. The van der Waals surface area contributed by atoms with Gasteiger partial charge in [-0.05, 0) is 12.8 Å². The van der Waals surface area contributed by atoms with E-state index >= 15 is 0 Å². The van der Waals surface area contributed by atoms with E-state index in [1.165, 1.54) is 0 Å². The summed E-state index contributed by atoms with van der Waals surface area (Å²) in [6.45, 7) is 2.80. The molecule has 2 atom stereocenters. The lowest BCUT2D eigenvalue weighted by molar-refractivity contribution is 0.0434. The zero-order valence-electron chi connectivity index (χ0n) is 10.6. The van der Waals surface area contributed by atoms with Gasteiger partial charge in [0, 0.05) is 19.6 Å². The maximum atomic E-state index is 6.32. The standard InChI is InChI=1S/C12H20ClN3O2/c1-17-6-4-16-12(10(13)7-15-16)11(14)9-3-2-5-18-8-9/h7,9,11H,2-6,8,14H2,1H3. The molecule has 1 saturated heterocycles. The molecule has 6 heteroatoms. The van der Waals surface area contributed by atoms with E-state index < -0.39 is 0 Å². The van der Waals surface area contributed by atoms with Crippen LogP contribution in [0.25, 0.3) is 0 Å². The van der Waals surface area contributed by atoms with Crippen LogP contribution < -0.4 is 5.73 Å². The van der Waals surface area contributed by atoms with Crippen molar-refractivity contribution in [2.24, 2.45) is 11.7 Å². The molecular formula is C12H20ClN3O2. The molecule has 0 saturated carbocycles. The highest BCUT2D eigenvalue weighted by Crippen LogP contribution is 2.30. The van der Waals surface area contributed by atoms with Crippen molar-refractivity contribution in [3.8, 4) is 0 Å². The van der Waals surface area contributed by atoms with Gasteiger partial charge < -0.3 is 15.2 Å². The predicted molar refractivity (Wildman–Crippen MR) is 69.6 cm³/mol. The van der Waals surface area contributed by atoms with Gasteiger partial charge in [-0.2, -0.15) is 5.10 Å². The lowest BCUT2D eigenvalue weighted by Crippen LogP contribution is -2.31. The molecule has 2 rings (SSSR count). The number of nitrogens with zero attached hydrogens (tertiary/aromatic N) is 2. The van der Waals surface area contributed by atoms with Crippen molar-refractivity contribution in [2.45, 2.75) is 25.4 Å². The van der Waals surface area contributed by atoms with Crippen molar-refractivity contribution in [1.29, 1.82) is 0 Å². The maximum Gasteiger partial charge on any atom is 0.0834 e. The topological polar surface area (TPSA) is 62.3 Å². The predicted octanol–water partition coefficient (Wildman–Crippen LogP) is 1.61. The van der Waals surface area contributed by atoms with Crippen LogP contribution in [-0.4, -0.2) is 36.7 Å². The molecular weight excluding hydrogens is 254 g/mol. The maximum absolute atomic E-state index is 6.32. The Morgan fingerprint density at radius 3 is 3.22 bits per heavy atom. The van der Waals surface area contributed by atoms with Gasteiger partial charge >= 0.3 is 0 Å². The van der Waals surface area contributed by atoms with Gasteiger partial charge in [0.1, 0.15) is 0 Å². The molecule has 102 valence electrons. The Bertz CT molecular complexity index is 377. The molecule has 5 nitrogen and oxygen atoms in total. The molecule has 0 radical (unpaired) electrons. The highest BCUT2D eigenvalue weighted by Gasteiger charge is 2.27. The largest absolute Gasteiger partial charge is 0.383 e. The number of hydrogen-bond donors (Lipinski definition) is 1. The summed E-state index contributed by atoms with van der Waals surface area (Å²) in [5, 5.41) is 4.88. The third-order valence-electron chi connectivity index (χ3n) is 3.36. The number of aromatic nitrogens is 2. The fourth-order valence-electron chi connectivity index (χ4n) is 2.33. The molecule has 2 heterocycles. The van der Waals surface area contributed by atoms with Gasteiger partial charge in [0.2, 0.25) is 0 Å². The molecule has 1 fully saturated rings. The minimum atomic E-state index is -0.128. The van der Waals surface area contributed by atoms with Crippen LogP contribution in [-0.2, 0) is 16.0 Å². The SMILES string of the molecule is COCCn1ncc(Cl)c1C(N)C1CCCOC1. The Hall–Kier alpha value is -0.620. The van der Waals surface area contributed by atoms with E-state index in [9.17, 15) is 0 Å². The van der Waals surface area contributed by atoms with Crippen molar-refractivity contribution < 1.29 is 9.47 Å². The van der Waals surface area contributed by atoms with E-state index in [0.29, 0.717) is 30.7 Å². The molecule has 2 unspecified atom stereocenters. The van der Waals surface area contributed by atoms with Crippen LogP contribution in [0.3, 0.4) is 0 Å². The van der Waals surface area contributed by atoms with Crippen LogP contribution in [0.15, 0.2) is 6.20 Å². The molecule has 0 aliphatic carbocycles. The van der Waals surface area contributed by atoms with Crippen LogP contribution in [0.5, 0.6) is 0 Å². The summed E-state index contributed by atoms with van der Waals surface area (Å²) in [7, 11) is 1.67. The van der Waals surface area contributed by atoms with Gasteiger partial charge in [0.15, 0.2) is 0 Å². The molecule has 0 aromatic carbocycles. The molecule has 0 bridgehead atoms. The van der Waals surface area contributed by atoms with E-state index in [-0.39, 0.29) is 6.04 Å². The van der Waals surface area contributed by atoms with E-state index in [1.54, 1.807) is 13.3 Å². The quantitative estimate of drug-likeness (QED) is 0.885. The monoisotopic (exact) mass is 273 g/mol. The van der Waals surface area contributed by atoms with Gasteiger partial charge in [-0.1, -0.05) is 11.6 Å². The van der Waals surface area contributed by atoms with Crippen molar-refractivity contribution in [1.82, 2.24) is 9.78 Å². The van der Waals surface area contributed by atoms with Crippen molar-refractivity contribution >= 4 is 11.6 Å². The molecule has 1 aliphatic heterocycles. The Labute approximate surface area is 112 Å². The lowest BCUT2D eigenvalue weighted by Gasteiger charge is -2.28. The molecule has 1 aromatic heterocycles. The van der Waals surface area contributed by atoms with Gasteiger partial charge in [0.05, 0.1) is 42.7 Å². The smallest absolute Gasteiger partial charge is 0.0834 e. The minimum Gasteiger partial charge on any atom is -0.383 e. The average molecular weight is 274 g/mol. The summed E-state index contributed by atoms with van der Waals surface area (Å²) in [5.41, 5.74) is 7.21. The first kappa shape index (κ1) is 13.8. The fraction of sp³-hybridized carbons (Fsp3) is 0.750. The normalized spacial score (nSPS) is 22.1. The Morgan fingerprint density at radius 2 is 2.56 bits per heavy atom. The van der Waals surface area contributed by atoms with E-state index in [4.69, 9.17) is 26.8 Å². The van der Waals surface area contributed by atoms with Crippen molar-refractivity contribution in [3.05, 3.63) is 16.9 Å². The summed E-state index contributed by atoms with van der Waals surface area (Å²) < 4.78 is 12.4. The molecule has 2 N–H and O–H groups in total. The van der Waals surface area contributed by atoms with Crippen LogP contribution in [0.1, 0.15) is 24.6 Å².